The van der Waals surface area contributed by atoms with Crippen LogP contribution in [-0.2, 0) is 17.8 Å². The summed E-state index contributed by atoms with van der Waals surface area (Å²) in [7, 11) is 0. The van der Waals surface area contributed by atoms with Gasteiger partial charge in [0.1, 0.15) is 0 Å². The topological polar surface area (TPSA) is 43.8 Å². The first kappa shape index (κ1) is 16.9. The molecule has 2 unspecified atom stereocenters. The van der Waals surface area contributed by atoms with Crippen LogP contribution in [0.25, 0.3) is 0 Å². The van der Waals surface area contributed by atoms with Crippen LogP contribution in [0.2, 0.25) is 0 Å². The molecule has 3 heterocycles. The summed E-state index contributed by atoms with van der Waals surface area (Å²) < 4.78 is 0. The first-order valence-electron chi connectivity index (χ1n) is 8.94. The molecule has 23 heavy (non-hydrogen) atoms. The minimum Gasteiger partial charge on any atom is -0.392 e. The van der Waals surface area contributed by atoms with Gasteiger partial charge < -0.3 is 10.0 Å². The Morgan fingerprint density at radius 2 is 2.30 bits per heavy atom. The Bertz CT molecular complexity index is 531. The highest BCUT2D eigenvalue weighted by Crippen LogP contribution is 2.25. The Kier molecular flexibility index (Phi) is 5.72. The Balaban J connectivity index is 1.52. The van der Waals surface area contributed by atoms with Crippen molar-refractivity contribution in [2.45, 2.75) is 64.1 Å². The summed E-state index contributed by atoms with van der Waals surface area (Å²) in [5, 5.41) is 12.3. The molecule has 2 atom stereocenters. The van der Waals surface area contributed by atoms with Crippen LogP contribution >= 0.6 is 11.3 Å². The molecule has 128 valence electrons. The molecule has 0 radical (unpaired) electrons. The highest BCUT2D eigenvalue weighted by molar-refractivity contribution is 7.10. The number of thiophene rings is 1. The third-order valence-electron chi connectivity index (χ3n) is 5.30. The summed E-state index contributed by atoms with van der Waals surface area (Å²) in [5.41, 5.74) is 1.33. The second-order valence-corrected chi connectivity index (χ2v) is 7.76. The predicted octanol–water partition coefficient (Wildman–Crippen LogP) is 2.65. The lowest BCUT2D eigenvalue weighted by Crippen LogP contribution is -2.48. The monoisotopic (exact) mass is 336 g/mol. The summed E-state index contributed by atoms with van der Waals surface area (Å²) in [5.74, 6) is 0.261. The third-order valence-corrected chi connectivity index (χ3v) is 6.32. The lowest BCUT2D eigenvalue weighted by molar-refractivity contribution is -0.132. The number of fused-ring (bicyclic) bond motifs is 1. The van der Waals surface area contributed by atoms with Crippen molar-refractivity contribution in [3.8, 4) is 0 Å². The molecule has 0 aliphatic carbocycles. The molecule has 4 nitrogen and oxygen atoms in total. The fourth-order valence-electron chi connectivity index (χ4n) is 3.86. The second-order valence-electron chi connectivity index (χ2n) is 6.76. The number of piperidine rings is 1. The molecule has 2 aliphatic heterocycles. The molecule has 0 saturated carbocycles. The minimum absolute atomic E-state index is 0.242. The van der Waals surface area contributed by atoms with E-state index >= 15 is 0 Å². The van der Waals surface area contributed by atoms with Gasteiger partial charge in [-0.15, -0.1) is 11.3 Å². The van der Waals surface area contributed by atoms with Crippen molar-refractivity contribution in [2.24, 2.45) is 0 Å². The van der Waals surface area contributed by atoms with E-state index in [2.05, 4.69) is 16.3 Å². The molecule has 1 amide bonds. The van der Waals surface area contributed by atoms with Gasteiger partial charge in [-0.2, -0.15) is 0 Å². The molecule has 3 rings (SSSR count). The van der Waals surface area contributed by atoms with E-state index in [-0.39, 0.29) is 18.1 Å². The fourth-order valence-corrected chi connectivity index (χ4v) is 4.75. The average molecular weight is 337 g/mol. The van der Waals surface area contributed by atoms with Crippen molar-refractivity contribution in [1.82, 2.24) is 9.80 Å². The zero-order valence-corrected chi connectivity index (χ0v) is 14.9. The molecule has 2 aliphatic rings. The van der Waals surface area contributed by atoms with E-state index in [1.165, 1.54) is 23.3 Å². The van der Waals surface area contributed by atoms with Gasteiger partial charge in [0.25, 0.3) is 0 Å². The molecule has 1 N–H and O–H groups in total. The van der Waals surface area contributed by atoms with Crippen LogP contribution in [0.3, 0.4) is 0 Å². The number of rotatable bonds is 5. The number of hydrogen-bond donors (Lipinski definition) is 1. The van der Waals surface area contributed by atoms with Crippen LogP contribution in [0.5, 0.6) is 0 Å². The molecule has 5 heteroatoms. The summed E-state index contributed by atoms with van der Waals surface area (Å²) in [6, 6.07) is 2.39. The van der Waals surface area contributed by atoms with Gasteiger partial charge in [0.15, 0.2) is 0 Å². The SMILES string of the molecule is CCC(O)C1CCCCN1CCC(=O)N1CCc2sccc2C1. The molecule has 1 saturated heterocycles. The van der Waals surface area contributed by atoms with Gasteiger partial charge in [0.2, 0.25) is 5.91 Å². The van der Waals surface area contributed by atoms with Gasteiger partial charge in [0, 0.05) is 37.0 Å². The summed E-state index contributed by atoms with van der Waals surface area (Å²) >= 11 is 1.81. The smallest absolute Gasteiger partial charge is 0.224 e. The summed E-state index contributed by atoms with van der Waals surface area (Å²) in [6.45, 7) is 5.47. The quantitative estimate of drug-likeness (QED) is 0.899. The molecular formula is C18H28N2O2S. The van der Waals surface area contributed by atoms with E-state index < -0.39 is 0 Å². The molecular weight excluding hydrogens is 308 g/mol. The number of aliphatic hydroxyl groups excluding tert-OH is 1. The zero-order chi connectivity index (χ0) is 16.2. The Hall–Kier alpha value is -0.910. The van der Waals surface area contributed by atoms with Crippen LogP contribution < -0.4 is 0 Å². The number of likely N-dealkylation sites (tertiary alicyclic amines) is 1. The van der Waals surface area contributed by atoms with E-state index in [0.29, 0.717) is 6.42 Å². The van der Waals surface area contributed by atoms with Crippen molar-refractivity contribution in [2.75, 3.05) is 19.6 Å². The van der Waals surface area contributed by atoms with E-state index in [4.69, 9.17) is 0 Å². The summed E-state index contributed by atoms with van der Waals surface area (Å²) in [4.78, 5) is 18.3. The third kappa shape index (κ3) is 3.95. The lowest BCUT2D eigenvalue weighted by Gasteiger charge is -2.38. The predicted molar refractivity (Wildman–Crippen MR) is 93.6 cm³/mol. The Morgan fingerprint density at radius 3 is 3.13 bits per heavy atom. The van der Waals surface area contributed by atoms with Crippen molar-refractivity contribution in [3.63, 3.8) is 0 Å². The van der Waals surface area contributed by atoms with Gasteiger partial charge in [-0.25, -0.2) is 0 Å². The van der Waals surface area contributed by atoms with Crippen LogP contribution in [0.4, 0.5) is 0 Å². The first-order chi connectivity index (χ1) is 11.2. The maximum atomic E-state index is 12.6. The van der Waals surface area contributed by atoms with E-state index in [9.17, 15) is 9.90 Å². The van der Waals surface area contributed by atoms with Gasteiger partial charge >= 0.3 is 0 Å². The van der Waals surface area contributed by atoms with Crippen molar-refractivity contribution < 1.29 is 9.90 Å². The summed E-state index contributed by atoms with van der Waals surface area (Å²) in [6.07, 6.45) is 5.55. The zero-order valence-electron chi connectivity index (χ0n) is 14.0. The molecule has 0 bridgehead atoms. The second kappa shape index (κ2) is 7.77. The highest BCUT2D eigenvalue weighted by atomic mass is 32.1. The molecule has 1 fully saturated rings. The molecule has 1 aromatic rings. The van der Waals surface area contributed by atoms with Gasteiger partial charge in [0.05, 0.1) is 6.10 Å². The maximum Gasteiger partial charge on any atom is 0.224 e. The van der Waals surface area contributed by atoms with Gasteiger partial charge in [-0.1, -0.05) is 13.3 Å². The number of aliphatic hydroxyl groups is 1. The average Bonchev–Trinajstić information content (AvgIpc) is 3.06. The van der Waals surface area contributed by atoms with Crippen LogP contribution in [-0.4, -0.2) is 52.6 Å². The van der Waals surface area contributed by atoms with Gasteiger partial charge in [-0.3, -0.25) is 9.69 Å². The Labute approximate surface area is 143 Å². The standard InChI is InChI=1S/C18H28N2O2S/c1-2-16(21)15-5-3-4-9-19(15)11-7-18(22)20-10-6-17-14(13-20)8-12-23-17/h8,12,15-16,21H,2-7,9-11,13H2,1H3. The van der Waals surface area contributed by atoms with Crippen molar-refractivity contribution in [1.29, 1.82) is 0 Å². The largest absolute Gasteiger partial charge is 0.392 e. The van der Waals surface area contributed by atoms with E-state index in [1.54, 1.807) is 0 Å². The first-order valence-corrected chi connectivity index (χ1v) is 9.82. The number of amides is 1. The van der Waals surface area contributed by atoms with E-state index in [0.717, 1.165) is 45.4 Å². The van der Waals surface area contributed by atoms with Crippen LogP contribution in [0.1, 0.15) is 49.5 Å². The number of carbonyl (C=O) groups excluding carboxylic acids is 1. The minimum atomic E-state index is -0.256. The number of carbonyl (C=O) groups is 1. The van der Waals surface area contributed by atoms with Crippen molar-refractivity contribution >= 4 is 17.2 Å². The molecule has 0 aromatic carbocycles. The van der Waals surface area contributed by atoms with Crippen LogP contribution in [0.15, 0.2) is 11.4 Å². The number of hydrogen-bond acceptors (Lipinski definition) is 4. The fraction of sp³-hybridized carbons (Fsp3) is 0.722. The highest BCUT2D eigenvalue weighted by Gasteiger charge is 2.29. The number of nitrogens with zero attached hydrogens (tertiary/aromatic N) is 2. The lowest BCUT2D eigenvalue weighted by atomic mass is 9.95. The maximum absolute atomic E-state index is 12.6. The molecule has 1 aromatic heterocycles. The van der Waals surface area contributed by atoms with Crippen LogP contribution in [0, 0.1) is 0 Å². The van der Waals surface area contributed by atoms with E-state index in [1.807, 2.05) is 23.2 Å². The Morgan fingerprint density at radius 1 is 1.43 bits per heavy atom. The normalized spacial score (nSPS) is 23.6. The van der Waals surface area contributed by atoms with Crippen molar-refractivity contribution in [3.05, 3.63) is 21.9 Å². The van der Waals surface area contributed by atoms with Gasteiger partial charge in [-0.05, 0) is 49.2 Å². The molecule has 0 spiro atoms.